The monoisotopic (exact) mass is 293 g/mol. The van der Waals surface area contributed by atoms with E-state index in [1.54, 1.807) is 12.3 Å². The van der Waals surface area contributed by atoms with Gasteiger partial charge >= 0.3 is 0 Å². The highest BCUT2D eigenvalue weighted by Crippen LogP contribution is 2.27. The van der Waals surface area contributed by atoms with E-state index in [0.29, 0.717) is 11.3 Å². The van der Waals surface area contributed by atoms with E-state index in [1.807, 2.05) is 19.9 Å². The second-order valence-corrected chi connectivity index (χ2v) is 5.39. The van der Waals surface area contributed by atoms with E-state index in [4.69, 9.17) is 5.73 Å². The quantitative estimate of drug-likeness (QED) is 0.743. The van der Waals surface area contributed by atoms with Gasteiger partial charge in [-0.2, -0.15) is 0 Å². The van der Waals surface area contributed by atoms with Crippen LogP contribution >= 0.6 is 12.4 Å². The van der Waals surface area contributed by atoms with Gasteiger partial charge in [0.05, 0.1) is 17.0 Å². The molecule has 6 nitrogen and oxygen atoms in total. The number of hydrogen-bond donors (Lipinski definition) is 3. The molecule has 20 heavy (non-hydrogen) atoms. The zero-order valence-electron chi connectivity index (χ0n) is 11.2. The molecule has 1 aliphatic rings. The summed E-state index contributed by atoms with van der Waals surface area (Å²) in [4.78, 5) is 23.3. The molecule has 0 unspecified atom stereocenters. The lowest BCUT2D eigenvalue weighted by atomic mass is 9.92. The number of amides is 1. The summed E-state index contributed by atoms with van der Waals surface area (Å²) < 4.78 is 0. The van der Waals surface area contributed by atoms with Crippen LogP contribution in [0, 0.1) is 0 Å². The zero-order chi connectivity index (χ0) is 13.6. The number of nitrogens with two attached hydrogens (primary N) is 1. The first-order chi connectivity index (χ1) is 8.94. The number of H-pyrrole nitrogens is 1. The van der Waals surface area contributed by atoms with E-state index in [0.717, 1.165) is 17.8 Å². The van der Waals surface area contributed by atoms with Crippen LogP contribution in [-0.2, 0) is 6.42 Å². The predicted octanol–water partition coefficient (Wildman–Crippen LogP) is 1.54. The molecule has 4 N–H and O–H groups in total. The summed E-state index contributed by atoms with van der Waals surface area (Å²) in [5, 5.41) is 2.97. The van der Waals surface area contributed by atoms with Gasteiger partial charge in [-0.3, -0.25) is 4.79 Å². The standard InChI is InChI=1S/C13H15N5O.ClH/c1-13(2)6-10-7(11(19)18-13)5-9(16-10)8-3-4-15-12(14)17-8;/h3-5,16H,6H2,1-2H3,(H,18,19)(H2,14,15,17);1H. The first-order valence-electron chi connectivity index (χ1n) is 6.08. The fourth-order valence-electron chi connectivity index (χ4n) is 2.36. The Morgan fingerprint density at radius 2 is 2.15 bits per heavy atom. The molecule has 0 saturated carbocycles. The number of fused-ring (bicyclic) bond motifs is 1. The number of carbonyl (C=O) groups excluding carboxylic acids is 1. The number of rotatable bonds is 1. The minimum absolute atomic E-state index is 0. The summed E-state index contributed by atoms with van der Waals surface area (Å²) >= 11 is 0. The van der Waals surface area contributed by atoms with Gasteiger partial charge in [-0.25, -0.2) is 9.97 Å². The van der Waals surface area contributed by atoms with Crippen LogP contribution in [0.3, 0.4) is 0 Å². The number of nitrogens with one attached hydrogen (secondary N) is 2. The zero-order valence-corrected chi connectivity index (χ0v) is 12.0. The molecule has 7 heteroatoms. The van der Waals surface area contributed by atoms with E-state index in [9.17, 15) is 4.79 Å². The fourth-order valence-corrected chi connectivity index (χ4v) is 2.36. The number of carbonyl (C=O) groups is 1. The Morgan fingerprint density at radius 1 is 1.40 bits per heavy atom. The van der Waals surface area contributed by atoms with Crippen molar-refractivity contribution in [3.05, 3.63) is 29.6 Å². The Kier molecular flexibility index (Phi) is 3.43. The van der Waals surface area contributed by atoms with Crippen LogP contribution in [0.2, 0.25) is 0 Å². The van der Waals surface area contributed by atoms with Crippen LogP contribution in [0.15, 0.2) is 18.3 Å². The third-order valence-corrected chi connectivity index (χ3v) is 3.16. The molecular weight excluding hydrogens is 278 g/mol. The minimum atomic E-state index is -0.239. The molecule has 106 valence electrons. The molecular formula is C13H16ClN5O. The van der Waals surface area contributed by atoms with Crippen molar-refractivity contribution in [1.82, 2.24) is 20.3 Å². The van der Waals surface area contributed by atoms with Crippen molar-refractivity contribution < 1.29 is 4.79 Å². The molecule has 1 aliphatic heterocycles. The molecule has 0 fully saturated rings. The maximum Gasteiger partial charge on any atom is 0.253 e. The molecule has 0 aliphatic carbocycles. The first-order valence-corrected chi connectivity index (χ1v) is 6.08. The highest BCUT2D eigenvalue weighted by molar-refractivity contribution is 5.98. The summed E-state index contributed by atoms with van der Waals surface area (Å²) in [7, 11) is 0. The average molecular weight is 294 g/mol. The molecule has 2 aromatic heterocycles. The Balaban J connectivity index is 0.00000147. The fraction of sp³-hybridized carbons (Fsp3) is 0.308. The molecule has 2 aromatic rings. The molecule has 0 saturated heterocycles. The van der Waals surface area contributed by atoms with Gasteiger partial charge < -0.3 is 16.0 Å². The summed E-state index contributed by atoms with van der Waals surface area (Å²) in [5.41, 5.74) is 8.41. The maximum absolute atomic E-state index is 12.0. The molecule has 0 radical (unpaired) electrons. The topological polar surface area (TPSA) is 96.7 Å². The molecule has 0 spiro atoms. The maximum atomic E-state index is 12.0. The second kappa shape index (κ2) is 4.79. The van der Waals surface area contributed by atoms with E-state index in [1.165, 1.54) is 0 Å². The normalized spacial score (nSPS) is 16.0. The van der Waals surface area contributed by atoms with E-state index in [2.05, 4.69) is 20.3 Å². The molecule has 0 bridgehead atoms. The third kappa shape index (κ3) is 2.46. The van der Waals surface area contributed by atoms with Crippen molar-refractivity contribution >= 4 is 24.3 Å². The van der Waals surface area contributed by atoms with Crippen LogP contribution < -0.4 is 11.1 Å². The molecule has 1 amide bonds. The Labute approximate surface area is 122 Å². The highest BCUT2D eigenvalue weighted by atomic mass is 35.5. The van der Waals surface area contributed by atoms with Crippen LogP contribution in [0.1, 0.15) is 29.9 Å². The minimum Gasteiger partial charge on any atom is -0.368 e. The van der Waals surface area contributed by atoms with Crippen LogP contribution in [0.4, 0.5) is 5.95 Å². The number of hydrogen-bond acceptors (Lipinski definition) is 4. The average Bonchev–Trinajstić information content (AvgIpc) is 2.71. The van der Waals surface area contributed by atoms with Crippen LogP contribution in [0.25, 0.3) is 11.4 Å². The van der Waals surface area contributed by atoms with Crippen molar-refractivity contribution in [2.45, 2.75) is 25.8 Å². The summed E-state index contributed by atoms with van der Waals surface area (Å²) in [5.74, 6) is 0.158. The summed E-state index contributed by atoms with van der Waals surface area (Å²) in [6, 6.07) is 3.57. The van der Waals surface area contributed by atoms with Gasteiger partial charge in [-0.05, 0) is 26.0 Å². The molecule has 3 rings (SSSR count). The number of anilines is 1. The van der Waals surface area contributed by atoms with Gasteiger partial charge in [0.1, 0.15) is 0 Å². The van der Waals surface area contributed by atoms with Crippen molar-refractivity contribution in [2.24, 2.45) is 0 Å². The van der Waals surface area contributed by atoms with Gasteiger partial charge in [0.25, 0.3) is 5.91 Å². The van der Waals surface area contributed by atoms with Crippen molar-refractivity contribution in [2.75, 3.05) is 5.73 Å². The number of aromatic amines is 1. The van der Waals surface area contributed by atoms with Gasteiger partial charge in [0, 0.05) is 23.9 Å². The first kappa shape index (κ1) is 14.3. The summed E-state index contributed by atoms with van der Waals surface area (Å²) in [6.07, 6.45) is 2.36. The SMILES string of the molecule is CC1(C)Cc2[nH]c(-c3ccnc(N)n3)cc2C(=O)N1.Cl. The highest BCUT2D eigenvalue weighted by Gasteiger charge is 2.31. The number of nitrogens with zero attached hydrogens (tertiary/aromatic N) is 2. The Hall–Kier alpha value is -2.08. The van der Waals surface area contributed by atoms with Crippen molar-refractivity contribution in [3.8, 4) is 11.4 Å². The largest absolute Gasteiger partial charge is 0.368 e. The van der Waals surface area contributed by atoms with Crippen LogP contribution in [0.5, 0.6) is 0 Å². The molecule has 0 atom stereocenters. The Bertz CT molecular complexity index is 665. The smallest absolute Gasteiger partial charge is 0.253 e. The number of aromatic nitrogens is 3. The van der Waals surface area contributed by atoms with Gasteiger partial charge in [-0.15, -0.1) is 12.4 Å². The third-order valence-electron chi connectivity index (χ3n) is 3.16. The Morgan fingerprint density at radius 3 is 2.85 bits per heavy atom. The van der Waals surface area contributed by atoms with Gasteiger partial charge in [0.15, 0.2) is 0 Å². The molecule has 0 aromatic carbocycles. The number of halogens is 1. The van der Waals surface area contributed by atoms with Crippen molar-refractivity contribution in [1.29, 1.82) is 0 Å². The second-order valence-electron chi connectivity index (χ2n) is 5.39. The van der Waals surface area contributed by atoms with Gasteiger partial charge in [-0.1, -0.05) is 0 Å². The van der Waals surface area contributed by atoms with E-state index in [-0.39, 0.29) is 29.8 Å². The van der Waals surface area contributed by atoms with E-state index >= 15 is 0 Å². The lowest BCUT2D eigenvalue weighted by Gasteiger charge is -2.30. The molecule has 3 heterocycles. The predicted molar refractivity (Wildman–Crippen MR) is 78.7 cm³/mol. The number of nitrogen functional groups attached to an aromatic ring is 1. The lowest BCUT2D eigenvalue weighted by molar-refractivity contribution is 0.0896. The van der Waals surface area contributed by atoms with Crippen LogP contribution in [-0.4, -0.2) is 26.4 Å². The summed E-state index contributed by atoms with van der Waals surface area (Å²) in [6.45, 7) is 3.99. The lowest BCUT2D eigenvalue weighted by Crippen LogP contribution is -2.48. The van der Waals surface area contributed by atoms with Crippen molar-refractivity contribution in [3.63, 3.8) is 0 Å². The van der Waals surface area contributed by atoms with Gasteiger partial charge in [0.2, 0.25) is 5.95 Å². The van der Waals surface area contributed by atoms with E-state index < -0.39 is 0 Å².